The molecule has 274 valence electrons. The first-order valence-electron chi connectivity index (χ1n) is 19.8. The lowest BCUT2D eigenvalue weighted by molar-refractivity contribution is 0.668. The number of rotatable bonds is 4. The summed E-state index contributed by atoms with van der Waals surface area (Å²) in [6.45, 7) is 0. The van der Waals surface area contributed by atoms with E-state index in [4.69, 9.17) is 23.8 Å². The van der Waals surface area contributed by atoms with Gasteiger partial charge in [-0.05, 0) is 76.1 Å². The van der Waals surface area contributed by atoms with Crippen LogP contribution in [-0.2, 0) is 0 Å². The van der Waals surface area contributed by atoms with Gasteiger partial charge in [-0.3, -0.25) is 0 Å². The van der Waals surface area contributed by atoms with Crippen LogP contribution in [0, 0.1) is 0 Å². The molecule has 4 heterocycles. The zero-order chi connectivity index (χ0) is 38.6. The van der Waals surface area contributed by atoms with Crippen LogP contribution < -0.4 is 0 Å². The Morgan fingerprint density at radius 3 is 1.81 bits per heavy atom. The fourth-order valence-corrected chi connectivity index (χ4v) is 9.08. The highest BCUT2D eigenvalue weighted by Gasteiger charge is 2.23. The van der Waals surface area contributed by atoms with Crippen molar-refractivity contribution in [1.82, 2.24) is 19.5 Å². The number of aromatic nitrogens is 4. The third kappa shape index (κ3) is 4.84. The van der Waals surface area contributed by atoms with E-state index in [1.165, 1.54) is 21.5 Å². The Bertz CT molecular complexity index is 3870. The average Bonchev–Trinajstić information content (AvgIpc) is 3.97. The van der Waals surface area contributed by atoms with Gasteiger partial charge in [-0.1, -0.05) is 127 Å². The van der Waals surface area contributed by atoms with E-state index in [9.17, 15) is 0 Å². The first kappa shape index (κ1) is 32.0. The molecule has 0 fully saturated rings. The van der Waals surface area contributed by atoms with Crippen molar-refractivity contribution in [3.05, 3.63) is 182 Å². The molecule has 6 heteroatoms. The van der Waals surface area contributed by atoms with E-state index in [1.807, 2.05) is 42.5 Å². The normalized spacial score (nSPS) is 12.1. The summed E-state index contributed by atoms with van der Waals surface area (Å²) in [5.41, 5.74) is 8.86. The standard InChI is InChI=1S/C53H30N4O2/c1-2-13-32-26-35(25-24-31(32)12-1)51-54-52(40-19-11-23-48-49(40)39-18-7-10-22-47(39)58-48)56-53(55-51)43-30-36(29-42-38-17-6-9-21-46(38)59-50(42)43)57-44-20-8-5-16-37(44)41-27-33-14-3-4-15-34(33)28-45(41)57/h1-30H. The van der Waals surface area contributed by atoms with Crippen molar-refractivity contribution < 1.29 is 8.83 Å². The molecule has 0 aliphatic carbocycles. The fraction of sp³-hybridized carbons (Fsp3) is 0. The van der Waals surface area contributed by atoms with E-state index >= 15 is 0 Å². The number of hydrogen-bond donors (Lipinski definition) is 0. The second kappa shape index (κ2) is 12.2. The Balaban J connectivity index is 1.14. The first-order chi connectivity index (χ1) is 29.2. The lowest BCUT2D eigenvalue weighted by Crippen LogP contribution is -2.02. The molecule has 0 saturated heterocycles. The largest absolute Gasteiger partial charge is 0.456 e. The SMILES string of the molecule is c1ccc2cc(-c3nc(-c4cc(-n5c6ccccc6c6cc7ccccc7cc65)cc5c4oc4ccccc45)nc(-c4cccc5oc6ccccc6c45)n3)ccc2c1. The topological polar surface area (TPSA) is 69.9 Å². The van der Waals surface area contributed by atoms with Crippen LogP contribution in [0.3, 0.4) is 0 Å². The molecule has 13 rings (SSSR count). The van der Waals surface area contributed by atoms with Gasteiger partial charge in [0, 0.05) is 49.1 Å². The van der Waals surface area contributed by atoms with Gasteiger partial charge in [0.15, 0.2) is 17.5 Å². The van der Waals surface area contributed by atoms with Crippen LogP contribution in [0.1, 0.15) is 0 Å². The maximum absolute atomic E-state index is 6.78. The molecule has 0 spiro atoms. The predicted molar refractivity (Wildman–Crippen MR) is 240 cm³/mol. The molecule has 13 aromatic rings. The van der Waals surface area contributed by atoms with Crippen LogP contribution in [0.4, 0.5) is 0 Å². The number of hydrogen-bond acceptors (Lipinski definition) is 5. The summed E-state index contributed by atoms with van der Waals surface area (Å²) in [5.74, 6) is 1.63. The Labute approximate surface area is 336 Å². The van der Waals surface area contributed by atoms with Crippen LogP contribution in [0.2, 0.25) is 0 Å². The van der Waals surface area contributed by atoms with Crippen molar-refractivity contribution in [1.29, 1.82) is 0 Å². The molecule has 6 nitrogen and oxygen atoms in total. The fourth-order valence-electron chi connectivity index (χ4n) is 9.08. The zero-order valence-corrected chi connectivity index (χ0v) is 31.4. The van der Waals surface area contributed by atoms with Gasteiger partial charge in [-0.25, -0.2) is 15.0 Å². The van der Waals surface area contributed by atoms with E-state index in [0.29, 0.717) is 17.5 Å². The average molecular weight is 755 g/mol. The predicted octanol–water partition coefficient (Wildman–Crippen LogP) is 14.1. The molecular formula is C53H30N4O2. The van der Waals surface area contributed by atoms with Gasteiger partial charge >= 0.3 is 0 Å². The van der Waals surface area contributed by atoms with Crippen LogP contribution in [0.5, 0.6) is 0 Å². The quantitative estimate of drug-likeness (QED) is 0.179. The van der Waals surface area contributed by atoms with E-state index < -0.39 is 0 Å². The number of furan rings is 2. The third-order valence-corrected chi connectivity index (χ3v) is 11.8. The summed E-state index contributed by atoms with van der Waals surface area (Å²) in [4.78, 5) is 16.0. The lowest BCUT2D eigenvalue weighted by Gasteiger charge is -2.13. The third-order valence-electron chi connectivity index (χ3n) is 11.8. The van der Waals surface area contributed by atoms with Crippen molar-refractivity contribution >= 4 is 87.2 Å². The van der Waals surface area contributed by atoms with Crippen molar-refractivity contribution in [3.63, 3.8) is 0 Å². The summed E-state index contributed by atoms with van der Waals surface area (Å²) in [6, 6.07) is 63.4. The Kier molecular flexibility index (Phi) is 6.63. The Morgan fingerprint density at radius 2 is 0.983 bits per heavy atom. The first-order valence-corrected chi connectivity index (χ1v) is 19.8. The van der Waals surface area contributed by atoms with Gasteiger partial charge in [-0.15, -0.1) is 0 Å². The number of para-hydroxylation sites is 3. The highest BCUT2D eigenvalue weighted by molar-refractivity contribution is 6.16. The summed E-state index contributed by atoms with van der Waals surface area (Å²) in [5, 5.41) is 11.0. The minimum absolute atomic E-state index is 0.514. The molecular weight excluding hydrogens is 725 g/mol. The molecule has 0 atom stereocenters. The summed E-state index contributed by atoms with van der Waals surface area (Å²) < 4.78 is 15.5. The summed E-state index contributed by atoms with van der Waals surface area (Å²) in [6.07, 6.45) is 0. The Hall–Kier alpha value is -8.09. The van der Waals surface area contributed by atoms with Crippen molar-refractivity contribution in [2.75, 3.05) is 0 Å². The second-order valence-electron chi connectivity index (χ2n) is 15.2. The van der Waals surface area contributed by atoms with E-state index in [1.54, 1.807) is 0 Å². The van der Waals surface area contributed by atoms with E-state index in [2.05, 4.69) is 144 Å². The molecule has 0 aliphatic heterocycles. The molecule has 0 saturated carbocycles. The zero-order valence-electron chi connectivity index (χ0n) is 31.4. The molecule has 0 radical (unpaired) electrons. The molecule has 0 aliphatic rings. The maximum atomic E-state index is 6.78. The van der Waals surface area contributed by atoms with Gasteiger partial charge in [-0.2, -0.15) is 0 Å². The maximum Gasteiger partial charge on any atom is 0.167 e. The molecule has 0 bridgehead atoms. The van der Waals surface area contributed by atoms with Crippen LogP contribution in [0.25, 0.3) is 127 Å². The monoisotopic (exact) mass is 754 g/mol. The molecule has 9 aromatic carbocycles. The van der Waals surface area contributed by atoms with Gasteiger partial charge in [0.2, 0.25) is 0 Å². The highest BCUT2D eigenvalue weighted by Crippen LogP contribution is 2.42. The molecule has 0 amide bonds. The highest BCUT2D eigenvalue weighted by atomic mass is 16.3. The van der Waals surface area contributed by atoms with E-state index in [0.717, 1.165) is 88.1 Å². The van der Waals surface area contributed by atoms with E-state index in [-0.39, 0.29) is 0 Å². The van der Waals surface area contributed by atoms with Crippen molar-refractivity contribution in [3.8, 4) is 39.9 Å². The lowest BCUT2D eigenvalue weighted by atomic mass is 10.0. The minimum Gasteiger partial charge on any atom is -0.456 e. The van der Waals surface area contributed by atoms with Gasteiger partial charge < -0.3 is 13.4 Å². The van der Waals surface area contributed by atoms with Crippen molar-refractivity contribution in [2.45, 2.75) is 0 Å². The summed E-state index contributed by atoms with van der Waals surface area (Å²) in [7, 11) is 0. The smallest absolute Gasteiger partial charge is 0.167 e. The Morgan fingerprint density at radius 1 is 0.356 bits per heavy atom. The minimum atomic E-state index is 0.514. The van der Waals surface area contributed by atoms with Gasteiger partial charge in [0.25, 0.3) is 0 Å². The molecule has 59 heavy (non-hydrogen) atoms. The van der Waals surface area contributed by atoms with Crippen molar-refractivity contribution in [2.24, 2.45) is 0 Å². The van der Waals surface area contributed by atoms with Crippen LogP contribution in [0.15, 0.2) is 191 Å². The van der Waals surface area contributed by atoms with Gasteiger partial charge in [0.05, 0.1) is 16.6 Å². The van der Waals surface area contributed by atoms with Gasteiger partial charge in [0.1, 0.15) is 22.3 Å². The molecule has 0 N–H and O–H groups in total. The second-order valence-corrected chi connectivity index (χ2v) is 15.2. The summed E-state index contributed by atoms with van der Waals surface area (Å²) >= 11 is 0. The number of benzene rings is 9. The number of fused-ring (bicyclic) bond motifs is 11. The molecule has 4 aromatic heterocycles. The number of nitrogens with zero attached hydrogens (tertiary/aromatic N) is 4. The van der Waals surface area contributed by atoms with Crippen LogP contribution in [-0.4, -0.2) is 19.5 Å². The van der Waals surface area contributed by atoms with Crippen LogP contribution >= 0.6 is 0 Å². The molecule has 0 unspecified atom stereocenters.